The normalized spacial score (nSPS) is 20.4. The monoisotopic (exact) mass is 550 g/mol. The van der Waals surface area contributed by atoms with Crippen molar-refractivity contribution in [2.75, 3.05) is 32.7 Å². The van der Waals surface area contributed by atoms with Crippen molar-refractivity contribution in [2.24, 2.45) is 0 Å². The predicted octanol–water partition coefficient (Wildman–Crippen LogP) is 2.68. The molecule has 0 aliphatic carbocycles. The molecule has 3 unspecified atom stereocenters. The van der Waals surface area contributed by atoms with Crippen LogP contribution in [0.3, 0.4) is 0 Å². The Kier molecular flexibility index (Phi) is 14.5. The van der Waals surface area contributed by atoms with Crippen molar-refractivity contribution in [1.29, 1.82) is 0 Å². The Morgan fingerprint density at radius 1 is 0.923 bits per heavy atom. The molecule has 2 aliphatic rings. The van der Waals surface area contributed by atoms with E-state index in [2.05, 4.69) is 19.2 Å². The largest absolute Gasteiger partial charge is 0.461 e. The number of hydrogen-bond donors (Lipinski definition) is 1. The Morgan fingerprint density at radius 3 is 2.33 bits per heavy atom. The summed E-state index contributed by atoms with van der Waals surface area (Å²) < 4.78 is 5.58. The lowest BCUT2D eigenvalue weighted by Gasteiger charge is -2.34. The van der Waals surface area contributed by atoms with Gasteiger partial charge in [-0.05, 0) is 52.0 Å². The molecule has 0 saturated carbocycles. The molecule has 222 valence electrons. The molecule has 0 aromatic heterocycles. The molecular weight excluding hydrogens is 500 g/mol. The molecule has 0 radical (unpaired) electrons. The van der Waals surface area contributed by atoms with Gasteiger partial charge >= 0.3 is 5.97 Å². The fourth-order valence-corrected chi connectivity index (χ4v) is 5.48. The molecule has 1 N–H and O–H groups in total. The van der Waals surface area contributed by atoms with E-state index in [-0.39, 0.29) is 30.6 Å². The Morgan fingerprint density at radius 2 is 1.64 bits per heavy atom. The molecule has 3 amide bonds. The number of likely N-dealkylation sites (tertiary alicyclic amines) is 2. The van der Waals surface area contributed by atoms with Crippen molar-refractivity contribution in [3.05, 3.63) is 0 Å². The molecule has 3 atom stereocenters. The average Bonchev–Trinajstić information content (AvgIpc) is 3.25. The third-order valence-corrected chi connectivity index (χ3v) is 7.55. The highest BCUT2D eigenvalue weighted by Gasteiger charge is 2.37. The van der Waals surface area contributed by atoms with E-state index in [0.717, 1.165) is 57.8 Å². The minimum atomic E-state index is -0.663. The zero-order valence-corrected chi connectivity index (χ0v) is 24.5. The van der Waals surface area contributed by atoms with Crippen molar-refractivity contribution in [3.8, 4) is 0 Å². The number of hydrogen-bond acceptors (Lipinski definition) is 7. The zero-order valence-electron chi connectivity index (χ0n) is 24.5. The van der Waals surface area contributed by atoms with Crippen molar-refractivity contribution in [3.63, 3.8) is 0 Å². The van der Waals surface area contributed by atoms with Crippen LogP contribution in [-0.4, -0.2) is 102 Å². The summed E-state index contributed by atoms with van der Waals surface area (Å²) in [6.07, 6.45) is 7.77. The summed E-state index contributed by atoms with van der Waals surface area (Å²) in [5.41, 5.74) is 0. The highest BCUT2D eigenvalue weighted by molar-refractivity contribution is 5.88. The van der Waals surface area contributed by atoms with Gasteiger partial charge in [-0.2, -0.15) is 0 Å². The Labute approximate surface area is 234 Å². The Hall–Kier alpha value is -2.49. The fraction of sp³-hybridized carbons (Fsp3) is 0.828. The van der Waals surface area contributed by atoms with Crippen LogP contribution in [-0.2, 0) is 28.7 Å². The molecule has 0 spiro atoms. The van der Waals surface area contributed by atoms with Crippen molar-refractivity contribution < 1.29 is 28.7 Å². The summed E-state index contributed by atoms with van der Waals surface area (Å²) in [5.74, 6) is -0.939. The number of carbonyl (C=O) groups excluding carboxylic acids is 5. The first-order valence-corrected chi connectivity index (χ1v) is 14.9. The highest BCUT2D eigenvalue weighted by atomic mass is 16.5. The lowest BCUT2D eigenvalue weighted by molar-refractivity contribution is -0.159. The van der Waals surface area contributed by atoms with Gasteiger partial charge in [0.15, 0.2) is 0 Å². The van der Waals surface area contributed by atoms with Gasteiger partial charge in [-0.15, -0.1) is 0 Å². The van der Waals surface area contributed by atoms with Crippen LogP contribution in [0.2, 0.25) is 0 Å². The SMILES string of the molecule is CC(=O)N1CCCC1C(=O)OC(C)CC(=O)N1CCCCCC1C(=O)N(CCC=O)CCCCCNC(C)C. The van der Waals surface area contributed by atoms with Crippen LogP contribution >= 0.6 is 0 Å². The van der Waals surface area contributed by atoms with Gasteiger partial charge in [0.05, 0.1) is 6.42 Å². The third kappa shape index (κ3) is 10.9. The topological polar surface area (TPSA) is 116 Å². The standard InChI is InChI=1S/C29H50N4O6/c1-22(2)30-15-8-6-9-16-31(17-12-20-34)28(37)25-13-7-5-10-18-33(25)27(36)21-23(3)39-29(38)26-14-11-19-32(26)24(4)35/h20,22-23,25-26,30H,5-19,21H2,1-4H3. The molecule has 2 rings (SSSR count). The second-order valence-corrected chi connectivity index (χ2v) is 11.2. The summed E-state index contributed by atoms with van der Waals surface area (Å²) >= 11 is 0. The van der Waals surface area contributed by atoms with Crippen LogP contribution in [0.4, 0.5) is 0 Å². The van der Waals surface area contributed by atoms with Crippen LogP contribution in [0, 0.1) is 0 Å². The van der Waals surface area contributed by atoms with Gasteiger partial charge in [-0.3, -0.25) is 14.4 Å². The van der Waals surface area contributed by atoms with E-state index in [0.29, 0.717) is 45.1 Å². The van der Waals surface area contributed by atoms with Gasteiger partial charge in [0.1, 0.15) is 24.5 Å². The summed E-state index contributed by atoms with van der Waals surface area (Å²) in [4.78, 5) is 67.7. The van der Waals surface area contributed by atoms with Crippen LogP contribution in [0.15, 0.2) is 0 Å². The second-order valence-electron chi connectivity index (χ2n) is 11.2. The number of unbranched alkanes of at least 4 members (excludes halogenated alkanes) is 2. The number of esters is 1. The van der Waals surface area contributed by atoms with Crippen molar-refractivity contribution in [1.82, 2.24) is 20.0 Å². The molecule has 39 heavy (non-hydrogen) atoms. The number of aldehydes is 1. The predicted molar refractivity (Wildman–Crippen MR) is 149 cm³/mol. The zero-order chi connectivity index (χ0) is 28.8. The number of nitrogens with zero attached hydrogens (tertiary/aromatic N) is 3. The first kappa shape index (κ1) is 32.7. The molecule has 2 saturated heterocycles. The summed E-state index contributed by atoms with van der Waals surface area (Å²) in [7, 11) is 0. The first-order valence-electron chi connectivity index (χ1n) is 14.9. The van der Waals surface area contributed by atoms with Gasteiger partial charge in [-0.25, -0.2) is 4.79 Å². The second kappa shape index (κ2) is 17.3. The first-order chi connectivity index (χ1) is 18.6. The van der Waals surface area contributed by atoms with E-state index in [9.17, 15) is 24.0 Å². The Bertz CT molecular complexity index is 820. The lowest BCUT2D eigenvalue weighted by atomic mass is 10.1. The molecule has 10 nitrogen and oxygen atoms in total. The van der Waals surface area contributed by atoms with E-state index in [1.54, 1.807) is 16.7 Å². The third-order valence-electron chi connectivity index (χ3n) is 7.55. The maximum Gasteiger partial charge on any atom is 0.329 e. The molecule has 0 bridgehead atoms. The maximum absolute atomic E-state index is 13.7. The van der Waals surface area contributed by atoms with Gasteiger partial charge in [0.25, 0.3) is 0 Å². The molecule has 0 aromatic rings. The van der Waals surface area contributed by atoms with E-state index < -0.39 is 24.2 Å². The fourth-order valence-electron chi connectivity index (χ4n) is 5.48. The average molecular weight is 551 g/mol. The molecule has 2 heterocycles. The minimum absolute atomic E-state index is 0.0144. The number of nitrogens with one attached hydrogen (secondary N) is 1. The van der Waals surface area contributed by atoms with E-state index in [1.165, 1.54) is 11.8 Å². The smallest absolute Gasteiger partial charge is 0.329 e. The van der Waals surface area contributed by atoms with Gasteiger partial charge in [-0.1, -0.05) is 33.1 Å². The lowest BCUT2D eigenvalue weighted by Crippen LogP contribution is -2.51. The van der Waals surface area contributed by atoms with E-state index in [1.807, 2.05) is 0 Å². The number of carbonyl (C=O) groups is 5. The molecule has 2 fully saturated rings. The van der Waals surface area contributed by atoms with Crippen LogP contribution in [0.25, 0.3) is 0 Å². The maximum atomic E-state index is 13.7. The van der Waals surface area contributed by atoms with Gasteiger partial charge in [0, 0.05) is 45.6 Å². The summed E-state index contributed by atoms with van der Waals surface area (Å²) in [6.45, 7) is 10.2. The van der Waals surface area contributed by atoms with Gasteiger partial charge in [0.2, 0.25) is 17.7 Å². The summed E-state index contributed by atoms with van der Waals surface area (Å²) in [6, 6.07) is -0.723. The Balaban J connectivity index is 1.99. The van der Waals surface area contributed by atoms with Crippen LogP contribution in [0.5, 0.6) is 0 Å². The van der Waals surface area contributed by atoms with Crippen molar-refractivity contribution >= 4 is 30.0 Å². The number of rotatable bonds is 15. The van der Waals surface area contributed by atoms with Crippen molar-refractivity contribution in [2.45, 2.75) is 123 Å². The molecular formula is C29H50N4O6. The summed E-state index contributed by atoms with van der Waals surface area (Å²) in [5, 5.41) is 3.40. The van der Waals surface area contributed by atoms with Crippen LogP contribution < -0.4 is 5.32 Å². The molecule has 2 aliphatic heterocycles. The van der Waals surface area contributed by atoms with Gasteiger partial charge < -0.3 is 29.5 Å². The number of ether oxygens (including phenoxy) is 1. The minimum Gasteiger partial charge on any atom is -0.461 e. The highest BCUT2D eigenvalue weighted by Crippen LogP contribution is 2.23. The molecule has 10 heteroatoms. The quantitative estimate of drug-likeness (QED) is 0.189. The molecule has 0 aromatic carbocycles. The van der Waals surface area contributed by atoms with E-state index in [4.69, 9.17) is 4.74 Å². The van der Waals surface area contributed by atoms with Crippen LogP contribution in [0.1, 0.15) is 98.3 Å². The number of amides is 3. The van der Waals surface area contributed by atoms with E-state index >= 15 is 0 Å².